The molecule has 0 N–H and O–H groups in total. The summed E-state index contributed by atoms with van der Waals surface area (Å²) < 4.78 is 1.63. The van der Waals surface area contributed by atoms with Crippen LogP contribution in [0.1, 0.15) is 6.92 Å². The van der Waals surface area contributed by atoms with Gasteiger partial charge in [-0.25, -0.2) is 4.98 Å². The molecule has 0 aliphatic heterocycles. The van der Waals surface area contributed by atoms with Crippen LogP contribution < -0.4 is 5.56 Å². The Hall–Kier alpha value is -2.14. The lowest BCUT2D eigenvalue weighted by molar-refractivity contribution is 0.816. The Morgan fingerprint density at radius 2 is 2.05 bits per heavy atom. The molecular formula is C15H13N3OS. The summed E-state index contributed by atoms with van der Waals surface area (Å²) in [7, 11) is 0. The Bertz CT molecular complexity index is 799. The fourth-order valence-electron chi connectivity index (χ4n) is 2.05. The van der Waals surface area contributed by atoms with E-state index in [1.165, 1.54) is 0 Å². The number of hydrogen-bond donors (Lipinski definition) is 0. The Balaban J connectivity index is 2.36. The van der Waals surface area contributed by atoms with Gasteiger partial charge >= 0.3 is 0 Å². The lowest BCUT2D eigenvalue weighted by atomic mass is 10.2. The first kappa shape index (κ1) is 12.9. The molecule has 0 saturated carbocycles. The summed E-state index contributed by atoms with van der Waals surface area (Å²) in [5.74, 6) is 0.852. The second kappa shape index (κ2) is 5.46. The molecule has 3 rings (SSSR count). The number of aromatic nitrogens is 3. The number of fused-ring (bicyclic) bond motifs is 1. The van der Waals surface area contributed by atoms with Crippen LogP contribution in [0, 0.1) is 0 Å². The number of benzene rings is 1. The maximum Gasteiger partial charge on any atom is 0.266 e. The van der Waals surface area contributed by atoms with Gasteiger partial charge in [-0.15, -0.1) is 0 Å². The van der Waals surface area contributed by atoms with E-state index < -0.39 is 0 Å². The van der Waals surface area contributed by atoms with Crippen molar-refractivity contribution in [1.29, 1.82) is 0 Å². The SMILES string of the molecule is CCSc1nc2ccccc2c(=O)n1-c1cccnc1. The van der Waals surface area contributed by atoms with E-state index in [4.69, 9.17) is 0 Å². The fraction of sp³-hybridized carbons (Fsp3) is 0.133. The van der Waals surface area contributed by atoms with Crippen LogP contribution in [0.3, 0.4) is 0 Å². The zero-order valence-electron chi connectivity index (χ0n) is 11.0. The molecule has 100 valence electrons. The number of hydrogen-bond acceptors (Lipinski definition) is 4. The van der Waals surface area contributed by atoms with Crippen LogP contribution in [0.5, 0.6) is 0 Å². The molecule has 0 fully saturated rings. The van der Waals surface area contributed by atoms with Crippen molar-refractivity contribution in [3.63, 3.8) is 0 Å². The third-order valence-electron chi connectivity index (χ3n) is 2.92. The zero-order valence-corrected chi connectivity index (χ0v) is 11.8. The molecule has 0 saturated heterocycles. The van der Waals surface area contributed by atoms with Gasteiger partial charge in [-0.3, -0.25) is 14.3 Å². The molecule has 0 unspecified atom stereocenters. The Kier molecular flexibility index (Phi) is 3.52. The van der Waals surface area contributed by atoms with Crippen LogP contribution in [0.25, 0.3) is 16.6 Å². The molecule has 0 aliphatic rings. The normalized spacial score (nSPS) is 10.8. The summed E-state index contributed by atoms with van der Waals surface area (Å²) in [6, 6.07) is 11.1. The molecular weight excluding hydrogens is 270 g/mol. The molecule has 5 heteroatoms. The van der Waals surface area contributed by atoms with Crippen LogP contribution >= 0.6 is 11.8 Å². The molecule has 0 radical (unpaired) electrons. The van der Waals surface area contributed by atoms with Crippen LogP contribution in [0.2, 0.25) is 0 Å². The van der Waals surface area contributed by atoms with Gasteiger partial charge in [-0.05, 0) is 30.0 Å². The van der Waals surface area contributed by atoms with E-state index in [9.17, 15) is 4.79 Å². The number of thioether (sulfide) groups is 1. The molecule has 0 spiro atoms. The van der Waals surface area contributed by atoms with Crippen molar-refractivity contribution >= 4 is 22.7 Å². The minimum absolute atomic E-state index is 0.0560. The van der Waals surface area contributed by atoms with Gasteiger partial charge in [0.05, 0.1) is 22.8 Å². The van der Waals surface area contributed by atoms with Crippen molar-refractivity contribution < 1.29 is 0 Å². The molecule has 1 aromatic carbocycles. The first-order chi connectivity index (χ1) is 9.81. The van der Waals surface area contributed by atoms with Crippen molar-refractivity contribution in [2.24, 2.45) is 0 Å². The Labute approximate surface area is 120 Å². The monoisotopic (exact) mass is 283 g/mol. The van der Waals surface area contributed by atoms with E-state index in [1.807, 2.05) is 37.3 Å². The third-order valence-corrected chi connectivity index (χ3v) is 3.74. The minimum atomic E-state index is -0.0560. The average Bonchev–Trinajstić information content (AvgIpc) is 2.49. The Morgan fingerprint density at radius 3 is 2.80 bits per heavy atom. The summed E-state index contributed by atoms with van der Waals surface area (Å²) >= 11 is 1.55. The van der Waals surface area contributed by atoms with Gasteiger partial charge in [0.15, 0.2) is 5.16 Å². The summed E-state index contributed by atoms with van der Waals surface area (Å²) in [5.41, 5.74) is 1.42. The molecule has 2 aromatic heterocycles. The molecule has 4 nitrogen and oxygen atoms in total. The maximum absolute atomic E-state index is 12.7. The largest absolute Gasteiger partial charge is 0.268 e. The maximum atomic E-state index is 12.7. The van der Waals surface area contributed by atoms with E-state index in [0.717, 1.165) is 17.0 Å². The molecule has 0 aliphatic carbocycles. The first-order valence-electron chi connectivity index (χ1n) is 6.36. The predicted molar refractivity (Wildman–Crippen MR) is 81.5 cm³/mol. The van der Waals surface area contributed by atoms with E-state index in [1.54, 1.807) is 34.8 Å². The average molecular weight is 283 g/mol. The standard InChI is InChI=1S/C15H13N3OS/c1-2-20-15-17-13-8-4-3-7-12(13)14(19)18(15)11-6-5-9-16-10-11/h3-10H,2H2,1H3. The van der Waals surface area contributed by atoms with Gasteiger partial charge in [0.2, 0.25) is 0 Å². The van der Waals surface area contributed by atoms with Crippen LogP contribution in [0.15, 0.2) is 58.7 Å². The van der Waals surface area contributed by atoms with Gasteiger partial charge in [0.25, 0.3) is 5.56 Å². The third kappa shape index (κ3) is 2.20. The smallest absolute Gasteiger partial charge is 0.266 e. The summed E-state index contributed by atoms with van der Waals surface area (Å²) in [5, 5.41) is 1.32. The van der Waals surface area contributed by atoms with Gasteiger partial charge in [-0.1, -0.05) is 30.8 Å². The minimum Gasteiger partial charge on any atom is -0.268 e. The second-order valence-corrected chi connectivity index (χ2v) is 5.43. The Morgan fingerprint density at radius 1 is 1.20 bits per heavy atom. The van der Waals surface area contributed by atoms with Crippen molar-refractivity contribution in [1.82, 2.24) is 14.5 Å². The van der Waals surface area contributed by atoms with Crippen molar-refractivity contribution in [2.75, 3.05) is 5.75 Å². The highest BCUT2D eigenvalue weighted by Crippen LogP contribution is 2.20. The number of rotatable bonds is 3. The number of para-hydroxylation sites is 1. The van der Waals surface area contributed by atoms with Gasteiger partial charge in [0, 0.05) is 6.20 Å². The van der Waals surface area contributed by atoms with Crippen LogP contribution in [0.4, 0.5) is 0 Å². The predicted octanol–water partition coefficient (Wildman–Crippen LogP) is 2.89. The summed E-state index contributed by atoms with van der Waals surface area (Å²) in [6.07, 6.45) is 3.37. The van der Waals surface area contributed by atoms with Gasteiger partial charge in [-0.2, -0.15) is 0 Å². The highest BCUT2D eigenvalue weighted by molar-refractivity contribution is 7.99. The molecule has 2 heterocycles. The summed E-state index contributed by atoms with van der Waals surface area (Å²) in [4.78, 5) is 21.4. The zero-order chi connectivity index (χ0) is 13.9. The van der Waals surface area contributed by atoms with Crippen LogP contribution in [-0.2, 0) is 0 Å². The van der Waals surface area contributed by atoms with Gasteiger partial charge < -0.3 is 0 Å². The van der Waals surface area contributed by atoms with Crippen LogP contribution in [-0.4, -0.2) is 20.3 Å². The topological polar surface area (TPSA) is 47.8 Å². The quantitative estimate of drug-likeness (QED) is 0.548. The lowest BCUT2D eigenvalue weighted by Crippen LogP contribution is -2.21. The number of nitrogens with zero attached hydrogens (tertiary/aromatic N) is 3. The van der Waals surface area contributed by atoms with Crippen molar-refractivity contribution in [2.45, 2.75) is 12.1 Å². The first-order valence-corrected chi connectivity index (χ1v) is 7.35. The highest BCUT2D eigenvalue weighted by atomic mass is 32.2. The second-order valence-electron chi connectivity index (χ2n) is 4.20. The van der Waals surface area contributed by atoms with E-state index in [-0.39, 0.29) is 5.56 Å². The van der Waals surface area contributed by atoms with E-state index in [0.29, 0.717) is 10.5 Å². The van der Waals surface area contributed by atoms with E-state index >= 15 is 0 Å². The molecule has 3 aromatic rings. The van der Waals surface area contributed by atoms with Gasteiger partial charge in [0.1, 0.15) is 0 Å². The molecule has 20 heavy (non-hydrogen) atoms. The van der Waals surface area contributed by atoms with Crippen molar-refractivity contribution in [3.05, 3.63) is 59.1 Å². The number of pyridine rings is 1. The van der Waals surface area contributed by atoms with E-state index in [2.05, 4.69) is 9.97 Å². The van der Waals surface area contributed by atoms with Crippen molar-refractivity contribution in [3.8, 4) is 5.69 Å². The molecule has 0 amide bonds. The highest BCUT2D eigenvalue weighted by Gasteiger charge is 2.12. The summed E-state index contributed by atoms with van der Waals surface area (Å²) in [6.45, 7) is 2.04. The fourth-order valence-corrected chi connectivity index (χ4v) is 2.79. The molecule has 0 bridgehead atoms. The molecule has 0 atom stereocenters. The lowest BCUT2D eigenvalue weighted by Gasteiger charge is -2.11.